The van der Waals surface area contributed by atoms with Crippen LogP contribution in [0.15, 0.2) is 48.9 Å². The topological polar surface area (TPSA) is 57.8 Å². The average Bonchev–Trinajstić information content (AvgIpc) is 2.96. The van der Waals surface area contributed by atoms with Gasteiger partial charge in [-0.25, -0.2) is 0 Å². The first-order valence-corrected chi connectivity index (χ1v) is 7.55. The highest BCUT2D eigenvalue weighted by atomic mass is 35.5. The molecule has 0 fully saturated rings. The maximum Gasteiger partial charge on any atom is 0.253 e. The molecule has 3 rings (SSSR count). The van der Waals surface area contributed by atoms with Crippen LogP contribution in [-0.4, -0.2) is 15.9 Å². The zero-order chi connectivity index (χ0) is 15.9. The largest absolute Gasteiger partial charge is 0.360 e. The summed E-state index contributed by atoms with van der Waals surface area (Å²) < 4.78 is 0. The number of rotatable bonds is 3. The molecule has 2 aromatic heterocycles. The molecule has 1 amide bonds. The second-order valence-corrected chi connectivity index (χ2v) is 4.85. The maximum atomic E-state index is 11.9. The summed E-state index contributed by atoms with van der Waals surface area (Å²) in [7, 11) is 0. The molecule has 5 heteroatoms. The number of nitrogens with one attached hydrogen (secondary N) is 2. The normalized spacial score (nSPS) is 9.95. The second kappa shape index (κ2) is 7.61. The molecular formula is C17H18ClN3O. The van der Waals surface area contributed by atoms with Crippen LogP contribution in [0.4, 0.5) is 0 Å². The summed E-state index contributed by atoms with van der Waals surface area (Å²) in [6.07, 6.45) is 4.93. The fraction of sp³-hybridized carbons (Fsp3) is 0.176. The number of fused-ring (bicyclic) bond motifs is 1. The van der Waals surface area contributed by atoms with Gasteiger partial charge >= 0.3 is 0 Å². The number of halogens is 1. The van der Waals surface area contributed by atoms with Gasteiger partial charge in [0.1, 0.15) is 0 Å². The number of carbonyl (C=O) groups excluding carboxylic acids is 1. The van der Waals surface area contributed by atoms with Crippen molar-refractivity contribution in [2.45, 2.75) is 20.4 Å². The minimum absolute atomic E-state index is 0.140. The molecule has 0 saturated carbocycles. The molecule has 0 radical (unpaired) electrons. The van der Waals surface area contributed by atoms with Gasteiger partial charge in [0.15, 0.2) is 0 Å². The second-order valence-electron chi connectivity index (χ2n) is 4.44. The molecule has 0 aliphatic carbocycles. The Morgan fingerprint density at radius 3 is 2.86 bits per heavy atom. The van der Waals surface area contributed by atoms with Gasteiger partial charge in [-0.1, -0.05) is 31.5 Å². The van der Waals surface area contributed by atoms with Gasteiger partial charge < -0.3 is 10.3 Å². The number of carbonyl (C=O) groups is 1. The van der Waals surface area contributed by atoms with Crippen LogP contribution in [-0.2, 0) is 6.54 Å². The van der Waals surface area contributed by atoms with E-state index in [1.54, 1.807) is 30.7 Å². The minimum atomic E-state index is -0.140. The van der Waals surface area contributed by atoms with Crippen molar-refractivity contribution < 1.29 is 4.79 Å². The van der Waals surface area contributed by atoms with Gasteiger partial charge in [-0.05, 0) is 29.8 Å². The average molecular weight is 316 g/mol. The number of hydrogen-bond acceptors (Lipinski definition) is 2. The van der Waals surface area contributed by atoms with Gasteiger partial charge in [0, 0.05) is 36.0 Å². The molecule has 4 nitrogen and oxygen atoms in total. The van der Waals surface area contributed by atoms with Crippen molar-refractivity contribution in [3.8, 4) is 0 Å². The lowest BCUT2D eigenvalue weighted by atomic mass is 10.1. The van der Waals surface area contributed by atoms with E-state index in [2.05, 4.69) is 15.3 Å². The van der Waals surface area contributed by atoms with Crippen LogP contribution in [0, 0.1) is 0 Å². The summed E-state index contributed by atoms with van der Waals surface area (Å²) in [5.41, 5.74) is 2.53. The fourth-order valence-electron chi connectivity index (χ4n) is 2.03. The summed E-state index contributed by atoms with van der Waals surface area (Å²) in [6, 6.07) is 9.35. The number of H-pyrrole nitrogens is 1. The smallest absolute Gasteiger partial charge is 0.253 e. The van der Waals surface area contributed by atoms with E-state index in [4.69, 9.17) is 11.6 Å². The number of aromatic amines is 1. The Hall–Kier alpha value is -2.33. The number of amides is 1. The highest BCUT2D eigenvalue weighted by Gasteiger charge is 2.06. The van der Waals surface area contributed by atoms with Crippen molar-refractivity contribution in [1.29, 1.82) is 0 Å². The SMILES string of the molecule is CC.O=C(NCc1ccc2[nH]cc(Cl)c2c1)c1cccnc1. The molecule has 0 saturated heterocycles. The summed E-state index contributed by atoms with van der Waals surface area (Å²) in [4.78, 5) is 18.9. The summed E-state index contributed by atoms with van der Waals surface area (Å²) in [5.74, 6) is -0.140. The first-order valence-electron chi connectivity index (χ1n) is 7.18. The Bertz CT molecular complexity index is 753. The lowest BCUT2D eigenvalue weighted by molar-refractivity contribution is 0.0950. The highest BCUT2D eigenvalue weighted by Crippen LogP contribution is 2.23. The predicted molar refractivity (Wildman–Crippen MR) is 90.1 cm³/mol. The van der Waals surface area contributed by atoms with Gasteiger partial charge in [-0.2, -0.15) is 0 Å². The Balaban J connectivity index is 0.000000847. The van der Waals surface area contributed by atoms with Crippen molar-refractivity contribution in [3.63, 3.8) is 0 Å². The molecule has 0 unspecified atom stereocenters. The van der Waals surface area contributed by atoms with Gasteiger partial charge in [0.25, 0.3) is 5.91 Å². The molecule has 0 aliphatic heterocycles. The van der Waals surface area contributed by atoms with Crippen molar-refractivity contribution in [2.75, 3.05) is 0 Å². The van der Waals surface area contributed by atoms with E-state index in [1.807, 2.05) is 32.0 Å². The lowest BCUT2D eigenvalue weighted by Gasteiger charge is -2.05. The molecule has 0 atom stereocenters. The lowest BCUT2D eigenvalue weighted by Crippen LogP contribution is -2.22. The molecule has 3 aromatic rings. The standard InChI is InChI=1S/C15H12ClN3O.C2H6/c16-13-9-18-14-4-3-10(6-12(13)14)7-19-15(20)11-2-1-5-17-8-11;1-2/h1-6,8-9,18H,7H2,(H,19,20);1-2H3. The minimum Gasteiger partial charge on any atom is -0.360 e. The summed E-state index contributed by atoms with van der Waals surface area (Å²) in [6.45, 7) is 4.45. The van der Waals surface area contributed by atoms with E-state index >= 15 is 0 Å². The maximum absolute atomic E-state index is 11.9. The van der Waals surface area contributed by atoms with Crippen LogP contribution in [0.3, 0.4) is 0 Å². The Kier molecular flexibility index (Phi) is 5.55. The molecule has 114 valence electrons. The van der Waals surface area contributed by atoms with E-state index in [0.29, 0.717) is 17.1 Å². The molecule has 1 aromatic carbocycles. The third kappa shape index (κ3) is 3.65. The van der Waals surface area contributed by atoms with Crippen molar-refractivity contribution >= 4 is 28.4 Å². The molecule has 0 bridgehead atoms. The first-order chi connectivity index (χ1) is 10.7. The number of aromatic nitrogens is 2. The van der Waals surface area contributed by atoms with Gasteiger partial charge in [0.05, 0.1) is 10.6 Å². The third-order valence-corrected chi connectivity index (χ3v) is 3.39. The zero-order valence-electron chi connectivity index (χ0n) is 12.6. The van der Waals surface area contributed by atoms with Crippen LogP contribution < -0.4 is 5.32 Å². The van der Waals surface area contributed by atoms with E-state index in [1.165, 1.54) is 0 Å². The van der Waals surface area contributed by atoms with Crippen molar-refractivity contribution in [3.05, 3.63) is 65.1 Å². The molecule has 22 heavy (non-hydrogen) atoms. The third-order valence-electron chi connectivity index (χ3n) is 3.07. The van der Waals surface area contributed by atoms with Crippen LogP contribution in [0.25, 0.3) is 10.9 Å². The van der Waals surface area contributed by atoms with Crippen molar-refractivity contribution in [2.24, 2.45) is 0 Å². The first kappa shape index (κ1) is 16.0. The van der Waals surface area contributed by atoms with Crippen LogP contribution in [0.5, 0.6) is 0 Å². The number of pyridine rings is 1. The highest BCUT2D eigenvalue weighted by molar-refractivity contribution is 6.35. The summed E-state index contributed by atoms with van der Waals surface area (Å²) in [5, 5.41) is 4.50. The van der Waals surface area contributed by atoms with Crippen molar-refractivity contribution in [1.82, 2.24) is 15.3 Å². The van der Waals surface area contributed by atoms with Crippen LogP contribution in [0.2, 0.25) is 5.02 Å². The number of nitrogens with zero attached hydrogens (tertiary/aromatic N) is 1. The van der Waals surface area contributed by atoms with Crippen LogP contribution >= 0.6 is 11.6 Å². The fourth-order valence-corrected chi connectivity index (χ4v) is 2.24. The van der Waals surface area contributed by atoms with Gasteiger partial charge in [-0.3, -0.25) is 9.78 Å². The van der Waals surface area contributed by atoms with E-state index in [9.17, 15) is 4.79 Å². The monoisotopic (exact) mass is 315 g/mol. The molecule has 2 heterocycles. The van der Waals surface area contributed by atoms with E-state index < -0.39 is 0 Å². The zero-order valence-corrected chi connectivity index (χ0v) is 13.3. The molecule has 0 aliphatic rings. The molecular weight excluding hydrogens is 298 g/mol. The van der Waals surface area contributed by atoms with Gasteiger partial charge in [0.2, 0.25) is 0 Å². The molecule has 2 N–H and O–H groups in total. The predicted octanol–water partition coefficient (Wildman–Crippen LogP) is 4.17. The number of hydrogen-bond donors (Lipinski definition) is 2. The Labute approximate surface area is 134 Å². The summed E-state index contributed by atoms with van der Waals surface area (Å²) >= 11 is 6.08. The quantitative estimate of drug-likeness (QED) is 0.762. The number of benzene rings is 1. The van der Waals surface area contributed by atoms with E-state index in [0.717, 1.165) is 16.5 Å². The Morgan fingerprint density at radius 1 is 1.32 bits per heavy atom. The molecule has 0 spiro atoms. The van der Waals surface area contributed by atoms with E-state index in [-0.39, 0.29) is 5.91 Å². The van der Waals surface area contributed by atoms with Crippen LogP contribution in [0.1, 0.15) is 29.8 Å². The van der Waals surface area contributed by atoms with Gasteiger partial charge in [-0.15, -0.1) is 0 Å². The Morgan fingerprint density at radius 2 is 2.14 bits per heavy atom.